The smallest absolute Gasteiger partial charge is 0.326 e. The third kappa shape index (κ3) is 3.24. The molecule has 3 aliphatic rings. The number of rotatable bonds is 7. The number of carbonyl (C=O) groups is 4. The molecule has 4 atom stereocenters. The summed E-state index contributed by atoms with van der Waals surface area (Å²) < 4.78 is 0. The largest absolute Gasteiger partial charge is 0.480 e. The van der Waals surface area contributed by atoms with E-state index in [0.29, 0.717) is 13.0 Å². The third-order valence-corrected chi connectivity index (χ3v) is 6.49. The Hall–Kier alpha value is -2.03. The first-order valence-corrected chi connectivity index (χ1v) is 9.45. The molecule has 2 saturated heterocycles. The van der Waals surface area contributed by atoms with Gasteiger partial charge in [-0.15, -0.1) is 0 Å². The standard InChI is InChI=1S/C16H21N3O5S/c1-2-18-10-8-25-11(14(10)17-16(18)24)5-3-4-9(15(22)23)19-12(20)6-7-13(19)21/h6-7,9-11,14H,2-5,8H2,1H3,(H,17,24)(H,22,23)/t9?,10-,11-,14-/m0/s1. The van der Waals surface area contributed by atoms with E-state index in [1.807, 2.05) is 11.8 Å². The van der Waals surface area contributed by atoms with Gasteiger partial charge in [-0.05, 0) is 26.2 Å². The van der Waals surface area contributed by atoms with E-state index >= 15 is 0 Å². The number of hydrogen-bond acceptors (Lipinski definition) is 5. The molecule has 8 nitrogen and oxygen atoms in total. The Bertz CT molecular complexity index is 619. The molecule has 2 fully saturated rings. The first-order valence-electron chi connectivity index (χ1n) is 8.40. The fourth-order valence-corrected chi connectivity index (χ4v) is 5.38. The highest BCUT2D eigenvalue weighted by Crippen LogP contribution is 2.37. The topological polar surface area (TPSA) is 107 Å². The Morgan fingerprint density at radius 2 is 2.04 bits per heavy atom. The average Bonchev–Trinajstić information content (AvgIpc) is 3.19. The summed E-state index contributed by atoms with van der Waals surface area (Å²) in [5, 5.41) is 12.6. The molecule has 2 N–H and O–H groups in total. The molecular weight excluding hydrogens is 346 g/mol. The van der Waals surface area contributed by atoms with Crippen molar-refractivity contribution in [2.45, 2.75) is 49.6 Å². The summed E-state index contributed by atoms with van der Waals surface area (Å²) in [4.78, 5) is 49.4. The maximum Gasteiger partial charge on any atom is 0.326 e. The van der Waals surface area contributed by atoms with Crippen molar-refractivity contribution in [3.8, 4) is 0 Å². The molecule has 3 heterocycles. The van der Waals surface area contributed by atoms with Gasteiger partial charge in [0.25, 0.3) is 11.8 Å². The predicted molar refractivity (Wildman–Crippen MR) is 91.0 cm³/mol. The molecule has 4 amide bonds. The van der Waals surface area contributed by atoms with Gasteiger partial charge in [-0.1, -0.05) is 0 Å². The summed E-state index contributed by atoms with van der Waals surface area (Å²) in [6.07, 6.45) is 3.72. The number of carboxylic acids is 1. The van der Waals surface area contributed by atoms with Gasteiger partial charge in [-0.2, -0.15) is 11.8 Å². The van der Waals surface area contributed by atoms with Crippen molar-refractivity contribution in [3.05, 3.63) is 12.2 Å². The first kappa shape index (κ1) is 17.8. The van der Waals surface area contributed by atoms with E-state index < -0.39 is 23.8 Å². The highest BCUT2D eigenvalue weighted by Gasteiger charge is 2.47. The number of fused-ring (bicyclic) bond motifs is 1. The van der Waals surface area contributed by atoms with Crippen LogP contribution in [0.1, 0.15) is 26.2 Å². The van der Waals surface area contributed by atoms with Gasteiger partial charge in [0.05, 0.1) is 12.1 Å². The molecule has 9 heteroatoms. The van der Waals surface area contributed by atoms with Crippen molar-refractivity contribution in [3.63, 3.8) is 0 Å². The van der Waals surface area contributed by atoms with Crippen LogP contribution in [0.15, 0.2) is 12.2 Å². The van der Waals surface area contributed by atoms with Gasteiger partial charge < -0.3 is 15.3 Å². The lowest BCUT2D eigenvalue weighted by molar-refractivity contribution is -0.153. The molecule has 0 aromatic heterocycles. The number of thioether (sulfide) groups is 1. The number of carbonyl (C=O) groups excluding carboxylic acids is 3. The number of aliphatic carboxylic acids is 1. The number of nitrogens with zero attached hydrogens (tertiary/aromatic N) is 2. The molecule has 3 aliphatic heterocycles. The quantitative estimate of drug-likeness (QED) is 0.499. The summed E-state index contributed by atoms with van der Waals surface area (Å²) in [6, 6.07) is -0.904. The molecule has 0 aromatic carbocycles. The normalized spacial score (nSPS) is 29.3. The lowest BCUT2D eigenvalue weighted by Crippen LogP contribution is -2.45. The molecule has 0 bridgehead atoms. The van der Waals surface area contributed by atoms with Crippen LogP contribution < -0.4 is 5.32 Å². The second-order valence-corrected chi connectivity index (χ2v) is 7.64. The van der Waals surface area contributed by atoms with Crippen LogP contribution in [0.2, 0.25) is 0 Å². The number of hydrogen-bond donors (Lipinski definition) is 2. The lowest BCUT2D eigenvalue weighted by atomic mass is 10.0. The molecule has 25 heavy (non-hydrogen) atoms. The molecule has 0 aliphatic carbocycles. The summed E-state index contributed by atoms with van der Waals surface area (Å²) in [7, 11) is 0. The Balaban J connectivity index is 1.55. The minimum absolute atomic E-state index is 0.0365. The van der Waals surface area contributed by atoms with Crippen LogP contribution in [0.4, 0.5) is 4.79 Å². The maximum atomic E-state index is 11.9. The zero-order valence-electron chi connectivity index (χ0n) is 13.9. The van der Waals surface area contributed by atoms with E-state index in [9.17, 15) is 24.3 Å². The molecule has 0 radical (unpaired) electrons. The molecule has 3 rings (SSSR count). The fourth-order valence-electron chi connectivity index (χ4n) is 3.76. The second kappa shape index (κ2) is 7.07. The van der Waals surface area contributed by atoms with E-state index in [4.69, 9.17) is 0 Å². The molecule has 0 aromatic rings. The average molecular weight is 367 g/mol. The second-order valence-electron chi connectivity index (χ2n) is 6.37. The first-order chi connectivity index (χ1) is 11.9. The fraction of sp³-hybridized carbons (Fsp3) is 0.625. The molecule has 136 valence electrons. The van der Waals surface area contributed by atoms with Crippen molar-refractivity contribution < 1.29 is 24.3 Å². The van der Waals surface area contributed by atoms with Crippen molar-refractivity contribution in [2.24, 2.45) is 0 Å². The van der Waals surface area contributed by atoms with Crippen LogP contribution in [0.25, 0.3) is 0 Å². The highest BCUT2D eigenvalue weighted by molar-refractivity contribution is 8.00. The molecule has 1 unspecified atom stereocenters. The van der Waals surface area contributed by atoms with Crippen molar-refractivity contribution in [2.75, 3.05) is 12.3 Å². The van der Waals surface area contributed by atoms with Gasteiger partial charge >= 0.3 is 12.0 Å². The predicted octanol–water partition coefficient (Wildman–Crippen LogP) is 0.433. The minimum Gasteiger partial charge on any atom is -0.480 e. The van der Waals surface area contributed by atoms with Gasteiger partial charge in [0.2, 0.25) is 0 Å². The Kier molecular flexibility index (Phi) is 5.03. The summed E-state index contributed by atoms with van der Waals surface area (Å²) in [5.74, 6) is -1.45. The zero-order valence-corrected chi connectivity index (χ0v) is 14.7. The molecular formula is C16H21N3O5S. The monoisotopic (exact) mass is 367 g/mol. The highest BCUT2D eigenvalue weighted by atomic mass is 32.2. The van der Waals surface area contributed by atoms with Gasteiger partial charge in [-0.3, -0.25) is 14.5 Å². The van der Waals surface area contributed by atoms with Gasteiger partial charge in [0, 0.05) is 29.7 Å². The van der Waals surface area contributed by atoms with E-state index in [1.54, 1.807) is 11.8 Å². The lowest BCUT2D eigenvalue weighted by Gasteiger charge is -2.23. The van der Waals surface area contributed by atoms with Crippen LogP contribution in [-0.4, -0.2) is 74.4 Å². The minimum atomic E-state index is -1.17. The van der Waals surface area contributed by atoms with Gasteiger partial charge in [0.15, 0.2) is 0 Å². The van der Waals surface area contributed by atoms with E-state index in [-0.39, 0.29) is 29.8 Å². The van der Waals surface area contributed by atoms with Gasteiger partial charge in [0.1, 0.15) is 6.04 Å². The Morgan fingerprint density at radius 1 is 1.36 bits per heavy atom. The van der Waals surface area contributed by atoms with Crippen molar-refractivity contribution in [1.82, 2.24) is 15.1 Å². The Morgan fingerprint density at radius 3 is 2.64 bits per heavy atom. The number of imide groups is 1. The number of nitrogens with one attached hydrogen (secondary N) is 1. The van der Waals surface area contributed by atoms with Crippen LogP contribution in [0, 0.1) is 0 Å². The van der Waals surface area contributed by atoms with Crippen molar-refractivity contribution in [1.29, 1.82) is 0 Å². The summed E-state index contributed by atoms with van der Waals surface area (Å²) in [6.45, 7) is 2.63. The molecule has 0 spiro atoms. The number of likely N-dealkylation sites (N-methyl/N-ethyl adjacent to an activating group) is 1. The third-order valence-electron chi connectivity index (χ3n) is 4.99. The van der Waals surface area contributed by atoms with Crippen molar-refractivity contribution >= 4 is 35.6 Å². The van der Waals surface area contributed by atoms with E-state index in [1.165, 1.54) is 0 Å². The van der Waals surface area contributed by atoms with Gasteiger partial charge in [-0.25, -0.2) is 9.59 Å². The molecule has 0 saturated carbocycles. The summed E-state index contributed by atoms with van der Waals surface area (Å²) in [5.41, 5.74) is 0. The van der Waals surface area contributed by atoms with Crippen LogP contribution in [-0.2, 0) is 14.4 Å². The van der Waals surface area contributed by atoms with Crippen LogP contribution in [0.3, 0.4) is 0 Å². The van der Waals surface area contributed by atoms with Crippen LogP contribution >= 0.6 is 11.8 Å². The maximum absolute atomic E-state index is 11.9. The number of amides is 4. The summed E-state index contributed by atoms with van der Waals surface area (Å²) >= 11 is 1.79. The Labute approximate surface area is 149 Å². The zero-order chi connectivity index (χ0) is 18.1. The van der Waals surface area contributed by atoms with Crippen LogP contribution in [0.5, 0.6) is 0 Å². The SMILES string of the molecule is CCN1C(=O)N[C@@H]2[C@H](CCCC(C(=O)O)N3C(=O)C=CC3=O)SC[C@@H]21. The van der Waals surface area contributed by atoms with E-state index in [2.05, 4.69) is 5.32 Å². The number of urea groups is 1. The van der Waals surface area contributed by atoms with E-state index in [0.717, 1.165) is 29.2 Å². The number of carboxylic acid groups (broad SMARTS) is 1.